The van der Waals surface area contributed by atoms with E-state index in [0.717, 1.165) is 36.1 Å². The molecule has 9 heteroatoms. The first-order chi connectivity index (χ1) is 14.0. The minimum atomic E-state index is -0.957. The largest absolute Gasteiger partial charge is 0.508 e. The molecule has 0 bridgehead atoms. The van der Waals surface area contributed by atoms with E-state index in [1.54, 1.807) is 19.1 Å². The molecule has 29 heavy (non-hydrogen) atoms. The second-order valence-electron chi connectivity index (χ2n) is 6.38. The molecule has 1 aromatic carbocycles. The lowest BCUT2D eigenvalue weighted by Gasteiger charge is -2.12. The van der Waals surface area contributed by atoms with Crippen LogP contribution >= 0.6 is 11.3 Å². The van der Waals surface area contributed by atoms with Crippen molar-refractivity contribution in [2.75, 3.05) is 11.9 Å². The lowest BCUT2D eigenvalue weighted by molar-refractivity contribution is -0.136. The van der Waals surface area contributed by atoms with E-state index in [1.807, 2.05) is 0 Å². The summed E-state index contributed by atoms with van der Waals surface area (Å²) in [4.78, 5) is 37.8. The number of phenolic OH excluding ortho intramolecular Hbond substituents is 1. The maximum Gasteiger partial charge on any atom is 0.341 e. The number of esters is 1. The maximum atomic E-state index is 12.4. The van der Waals surface area contributed by atoms with Gasteiger partial charge in [0.2, 0.25) is 0 Å². The van der Waals surface area contributed by atoms with E-state index < -0.39 is 17.8 Å². The summed E-state index contributed by atoms with van der Waals surface area (Å²) in [5.74, 6) is -2.26. The molecule has 0 saturated carbocycles. The third-order valence-electron chi connectivity index (χ3n) is 4.36. The van der Waals surface area contributed by atoms with E-state index >= 15 is 0 Å². The molecule has 3 N–H and O–H groups in total. The Balaban J connectivity index is 1.69. The molecule has 1 heterocycles. The number of hydrogen-bond donors (Lipinski definition) is 3. The fourth-order valence-electron chi connectivity index (χ4n) is 3.01. The van der Waals surface area contributed by atoms with Crippen LogP contribution in [0.1, 0.15) is 46.1 Å². The Bertz CT molecular complexity index is 950. The summed E-state index contributed by atoms with van der Waals surface area (Å²) in [6.45, 7) is 1.94. The van der Waals surface area contributed by atoms with E-state index in [1.165, 1.54) is 29.7 Å². The van der Waals surface area contributed by atoms with Gasteiger partial charge >= 0.3 is 17.8 Å². The Hall–Kier alpha value is -3.20. The summed E-state index contributed by atoms with van der Waals surface area (Å²) in [5, 5.41) is 15.8. The highest BCUT2D eigenvalue weighted by Crippen LogP contribution is 2.38. The molecule has 1 aromatic heterocycles. The van der Waals surface area contributed by atoms with Crippen LogP contribution in [-0.4, -0.2) is 35.7 Å². The number of thiophene rings is 1. The molecule has 8 nitrogen and oxygen atoms in total. The number of anilines is 1. The fourth-order valence-corrected chi connectivity index (χ4v) is 4.28. The van der Waals surface area contributed by atoms with Gasteiger partial charge in [-0.25, -0.2) is 10.2 Å². The summed E-state index contributed by atoms with van der Waals surface area (Å²) in [7, 11) is 0. The first kappa shape index (κ1) is 20.5. The molecule has 0 saturated heterocycles. The van der Waals surface area contributed by atoms with Gasteiger partial charge in [-0.15, -0.1) is 11.3 Å². The van der Waals surface area contributed by atoms with Crippen molar-refractivity contribution in [3.8, 4) is 5.75 Å². The number of carbonyl (C=O) groups is 3. The third-order valence-corrected chi connectivity index (χ3v) is 5.56. The minimum absolute atomic E-state index is 0.113. The molecule has 2 aromatic rings. The van der Waals surface area contributed by atoms with Crippen LogP contribution in [0.2, 0.25) is 0 Å². The van der Waals surface area contributed by atoms with Crippen LogP contribution in [0.3, 0.4) is 0 Å². The van der Waals surface area contributed by atoms with Gasteiger partial charge in [-0.05, 0) is 68.0 Å². The van der Waals surface area contributed by atoms with Crippen molar-refractivity contribution in [1.29, 1.82) is 0 Å². The molecule has 2 amide bonds. The number of hydrogen-bond acceptors (Lipinski definition) is 7. The van der Waals surface area contributed by atoms with Crippen molar-refractivity contribution in [2.24, 2.45) is 5.10 Å². The monoisotopic (exact) mass is 415 g/mol. The Morgan fingerprint density at radius 3 is 2.62 bits per heavy atom. The number of rotatable bonds is 5. The fraction of sp³-hybridized carbons (Fsp3) is 0.300. The summed E-state index contributed by atoms with van der Waals surface area (Å²) in [6.07, 6.45) is 4.93. The van der Waals surface area contributed by atoms with Gasteiger partial charge in [0.1, 0.15) is 10.8 Å². The number of benzene rings is 1. The predicted octanol–water partition coefficient (Wildman–Crippen LogP) is 2.60. The van der Waals surface area contributed by atoms with Gasteiger partial charge in [-0.2, -0.15) is 5.10 Å². The number of ether oxygens (including phenoxy) is 1. The second kappa shape index (κ2) is 9.33. The van der Waals surface area contributed by atoms with Gasteiger partial charge in [-0.3, -0.25) is 9.59 Å². The number of fused-ring (bicyclic) bond motifs is 1. The van der Waals surface area contributed by atoms with Gasteiger partial charge in [0, 0.05) is 4.88 Å². The molecule has 0 fully saturated rings. The molecule has 0 aliphatic heterocycles. The van der Waals surface area contributed by atoms with Gasteiger partial charge in [0.05, 0.1) is 18.4 Å². The van der Waals surface area contributed by atoms with Gasteiger partial charge < -0.3 is 15.2 Å². The van der Waals surface area contributed by atoms with Crippen molar-refractivity contribution < 1.29 is 24.2 Å². The van der Waals surface area contributed by atoms with Crippen LogP contribution in [-0.2, 0) is 27.2 Å². The quantitative estimate of drug-likeness (QED) is 0.300. The van der Waals surface area contributed by atoms with Crippen molar-refractivity contribution in [2.45, 2.75) is 32.6 Å². The van der Waals surface area contributed by atoms with Gasteiger partial charge in [-0.1, -0.05) is 0 Å². The number of nitrogens with one attached hydrogen (secondary N) is 2. The maximum absolute atomic E-state index is 12.4. The lowest BCUT2D eigenvalue weighted by Crippen LogP contribution is -2.32. The van der Waals surface area contributed by atoms with Crippen LogP contribution in [0.4, 0.5) is 5.00 Å². The van der Waals surface area contributed by atoms with Crippen molar-refractivity contribution >= 4 is 40.3 Å². The van der Waals surface area contributed by atoms with Crippen LogP contribution in [0.5, 0.6) is 5.75 Å². The van der Waals surface area contributed by atoms with Crippen molar-refractivity contribution in [3.63, 3.8) is 0 Å². The standard InChI is InChI=1S/C20H21N3O5S/c1-2-28-20(27)16-14-5-3-4-6-15(14)29-19(16)22-17(25)18(26)23-21-11-12-7-9-13(24)10-8-12/h7-11,24H,2-6H2,1H3,(H,22,25)(H,23,26)/b21-11+. The first-order valence-corrected chi connectivity index (χ1v) is 10.1. The lowest BCUT2D eigenvalue weighted by atomic mass is 9.95. The van der Waals surface area contributed by atoms with Crippen LogP contribution in [0.25, 0.3) is 0 Å². The molecule has 0 atom stereocenters. The summed E-state index contributed by atoms with van der Waals surface area (Å²) < 4.78 is 5.13. The topological polar surface area (TPSA) is 117 Å². The predicted molar refractivity (Wildman–Crippen MR) is 109 cm³/mol. The van der Waals surface area contributed by atoms with E-state index in [4.69, 9.17) is 4.74 Å². The Morgan fingerprint density at radius 1 is 1.17 bits per heavy atom. The minimum Gasteiger partial charge on any atom is -0.508 e. The summed E-state index contributed by atoms with van der Waals surface area (Å²) >= 11 is 1.31. The Kier molecular flexibility index (Phi) is 6.61. The average molecular weight is 415 g/mol. The third kappa shape index (κ3) is 5.00. The normalized spacial score (nSPS) is 13.0. The zero-order valence-corrected chi connectivity index (χ0v) is 16.7. The highest BCUT2D eigenvalue weighted by atomic mass is 32.1. The highest BCUT2D eigenvalue weighted by Gasteiger charge is 2.28. The van der Waals surface area contributed by atoms with Gasteiger partial charge in [0.25, 0.3) is 0 Å². The number of aromatic hydroxyl groups is 1. The van der Waals surface area contributed by atoms with E-state index in [-0.39, 0.29) is 12.4 Å². The number of phenols is 1. The molecular weight excluding hydrogens is 394 g/mol. The summed E-state index contributed by atoms with van der Waals surface area (Å²) in [5.41, 5.74) is 4.03. The number of hydrazone groups is 1. The molecule has 152 valence electrons. The molecule has 0 unspecified atom stereocenters. The Labute approximate surface area is 171 Å². The zero-order valence-electron chi connectivity index (χ0n) is 15.9. The smallest absolute Gasteiger partial charge is 0.341 e. The molecule has 0 radical (unpaired) electrons. The van der Waals surface area contributed by atoms with Crippen LogP contribution in [0.15, 0.2) is 29.4 Å². The average Bonchev–Trinajstić information content (AvgIpc) is 3.07. The van der Waals surface area contributed by atoms with Crippen LogP contribution < -0.4 is 10.7 Å². The number of amides is 2. The van der Waals surface area contributed by atoms with E-state index in [2.05, 4.69) is 15.8 Å². The molecule has 1 aliphatic rings. The molecular formula is C20H21N3O5S. The number of aryl methyl sites for hydroxylation is 1. The van der Waals surface area contributed by atoms with Gasteiger partial charge in [0.15, 0.2) is 0 Å². The van der Waals surface area contributed by atoms with Crippen LogP contribution in [0, 0.1) is 0 Å². The SMILES string of the molecule is CCOC(=O)c1c(NC(=O)C(=O)N/N=C/c2ccc(O)cc2)sc2c1CCCC2. The van der Waals surface area contributed by atoms with E-state index in [0.29, 0.717) is 16.1 Å². The number of carbonyl (C=O) groups excluding carboxylic acids is 3. The zero-order chi connectivity index (χ0) is 20.8. The van der Waals surface area contributed by atoms with Crippen molar-refractivity contribution in [1.82, 2.24) is 5.43 Å². The van der Waals surface area contributed by atoms with Crippen molar-refractivity contribution in [3.05, 3.63) is 45.8 Å². The highest BCUT2D eigenvalue weighted by molar-refractivity contribution is 7.17. The van der Waals surface area contributed by atoms with E-state index in [9.17, 15) is 19.5 Å². The Morgan fingerprint density at radius 2 is 1.90 bits per heavy atom. The second-order valence-corrected chi connectivity index (χ2v) is 7.49. The molecule has 0 spiro atoms. The molecule has 3 rings (SSSR count). The molecule has 1 aliphatic carbocycles. The summed E-state index contributed by atoms with van der Waals surface area (Å²) in [6, 6.07) is 6.16. The first-order valence-electron chi connectivity index (χ1n) is 9.24. The number of nitrogens with zero attached hydrogens (tertiary/aromatic N) is 1.